The Balaban J connectivity index is 1.34. The largest absolute Gasteiger partial charge is 0.486 e. The maximum Gasteiger partial charge on any atom is 0.234 e. The lowest BCUT2D eigenvalue weighted by molar-refractivity contribution is -0.113. The molecule has 0 radical (unpaired) electrons. The average molecular weight is 385 g/mol. The molecule has 1 aromatic heterocycles. The highest BCUT2D eigenvalue weighted by Gasteiger charge is 2.13. The monoisotopic (exact) mass is 385 g/mol. The molecule has 0 saturated heterocycles. The smallest absolute Gasteiger partial charge is 0.234 e. The number of aromatic amines is 1. The van der Waals surface area contributed by atoms with Gasteiger partial charge in [-0.25, -0.2) is 9.37 Å². The third kappa shape index (κ3) is 4.22. The van der Waals surface area contributed by atoms with Crippen LogP contribution in [0.1, 0.15) is 0 Å². The summed E-state index contributed by atoms with van der Waals surface area (Å²) in [5.74, 6) is 1.06. The third-order valence-corrected chi connectivity index (χ3v) is 4.76. The molecule has 0 atom stereocenters. The number of halogens is 1. The van der Waals surface area contributed by atoms with Crippen LogP contribution < -0.4 is 14.8 Å². The number of hydrogen-bond donors (Lipinski definition) is 2. The molecule has 2 N–H and O–H groups in total. The Labute approximate surface area is 159 Å². The molecule has 27 heavy (non-hydrogen) atoms. The number of rotatable bonds is 5. The third-order valence-electron chi connectivity index (χ3n) is 3.87. The van der Waals surface area contributed by atoms with Crippen molar-refractivity contribution in [1.82, 2.24) is 9.97 Å². The number of aromatic nitrogens is 2. The summed E-state index contributed by atoms with van der Waals surface area (Å²) in [6.45, 7) is 1.02. The Hall–Kier alpha value is -3.00. The molecule has 0 aliphatic carbocycles. The Morgan fingerprint density at radius 1 is 1.15 bits per heavy atom. The Kier molecular flexibility index (Phi) is 4.97. The highest BCUT2D eigenvalue weighted by atomic mass is 32.2. The summed E-state index contributed by atoms with van der Waals surface area (Å²) in [4.78, 5) is 19.6. The van der Waals surface area contributed by atoms with Gasteiger partial charge in [-0.2, -0.15) is 0 Å². The summed E-state index contributed by atoms with van der Waals surface area (Å²) in [7, 11) is 0. The van der Waals surface area contributed by atoms with E-state index in [1.165, 1.54) is 23.9 Å². The van der Waals surface area contributed by atoms with Crippen molar-refractivity contribution in [3.8, 4) is 22.8 Å². The van der Waals surface area contributed by atoms with E-state index in [0.717, 1.165) is 11.3 Å². The molecule has 0 unspecified atom stereocenters. The number of imidazole rings is 1. The minimum absolute atomic E-state index is 0.156. The van der Waals surface area contributed by atoms with Gasteiger partial charge in [0.1, 0.15) is 19.0 Å². The molecule has 0 spiro atoms. The summed E-state index contributed by atoms with van der Waals surface area (Å²) in [6.07, 6.45) is 1.66. The van der Waals surface area contributed by atoms with Crippen LogP contribution in [0.15, 0.2) is 53.8 Å². The molecule has 2 aromatic carbocycles. The van der Waals surface area contributed by atoms with E-state index in [1.807, 2.05) is 0 Å². The zero-order chi connectivity index (χ0) is 18.6. The zero-order valence-electron chi connectivity index (χ0n) is 14.2. The number of benzene rings is 2. The van der Waals surface area contributed by atoms with Gasteiger partial charge in [-0.1, -0.05) is 11.8 Å². The number of ether oxygens (including phenoxy) is 2. The van der Waals surface area contributed by atoms with Gasteiger partial charge in [0.15, 0.2) is 16.7 Å². The Morgan fingerprint density at radius 3 is 2.74 bits per heavy atom. The van der Waals surface area contributed by atoms with Crippen molar-refractivity contribution in [2.24, 2.45) is 0 Å². The number of anilines is 1. The molecule has 138 valence electrons. The first-order valence-corrected chi connectivity index (χ1v) is 9.29. The first kappa shape index (κ1) is 17.4. The van der Waals surface area contributed by atoms with E-state index in [4.69, 9.17) is 9.47 Å². The van der Waals surface area contributed by atoms with Crippen molar-refractivity contribution >= 4 is 23.4 Å². The number of nitrogens with one attached hydrogen (secondary N) is 2. The van der Waals surface area contributed by atoms with Gasteiger partial charge < -0.3 is 19.8 Å². The van der Waals surface area contributed by atoms with Gasteiger partial charge in [-0.3, -0.25) is 4.79 Å². The van der Waals surface area contributed by atoms with Crippen molar-refractivity contribution in [2.45, 2.75) is 5.16 Å². The summed E-state index contributed by atoms with van der Waals surface area (Å²) < 4.78 is 24.0. The van der Waals surface area contributed by atoms with E-state index in [0.29, 0.717) is 35.6 Å². The van der Waals surface area contributed by atoms with E-state index in [1.54, 1.807) is 36.5 Å². The maximum atomic E-state index is 13.0. The maximum absolute atomic E-state index is 13.0. The number of thioether (sulfide) groups is 1. The lowest BCUT2D eigenvalue weighted by atomic mass is 10.2. The second kappa shape index (κ2) is 7.71. The number of hydrogen-bond acceptors (Lipinski definition) is 5. The van der Waals surface area contributed by atoms with Gasteiger partial charge in [-0.05, 0) is 42.0 Å². The number of fused-ring (bicyclic) bond motifs is 1. The predicted molar refractivity (Wildman–Crippen MR) is 101 cm³/mol. The molecule has 0 saturated carbocycles. The van der Waals surface area contributed by atoms with Gasteiger partial charge in [-0.15, -0.1) is 0 Å². The fourth-order valence-electron chi connectivity index (χ4n) is 2.60. The van der Waals surface area contributed by atoms with Crippen molar-refractivity contribution in [3.63, 3.8) is 0 Å². The quantitative estimate of drug-likeness (QED) is 0.655. The average Bonchev–Trinajstić information content (AvgIpc) is 3.16. The predicted octanol–water partition coefficient (Wildman–Crippen LogP) is 3.72. The van der Waals surface area contributed by atoms with Crippen molar-refractivity contribution in [1.29, 1.82) is 0 Å². The molecule has 4 rings (SSSR count). The van der Waals surface area contributed by atoms with E-state index < -0.39 is 0 Å². The van der Waals surface area contributed by atoms with Gasteiger partial charge in [0.2, 0.25) is 5.91 Å². The minimum Gasteiger partial charge on any atom is -0.486 e. The normalized spacial score (nSPS) is 12.6. The molecule has 1 aliphatic rings. The van der Waals surface area contributed by atoms with Crippen LogP contribution in [0.3, 0.4) is 0 Å². The molecule has 6 nitrogen and oxygen atoms in total. The summed E-state index contributed by atoms with van der Waals surface area (Å²) in [6, 6.07) is 11.4. The van der Waals surface area contributed by atoms with Crippen LogP contribution in [0, 0.1) is 5.82 Å². The summed E-state index contributed by atoms with van der Waals surface area (Å²) >= 11 is 1.29. The van der Waals surface area contributed by atoms with Crippen LogP contribution in [-0.4, -0.2) is 34.8 Å². The molecule has 2 heterocycles. The lowest BCUT2D eigenvalue weighted by Crippen LogP contribution is -2.17. The van der Waals surface area contributed by atoms with Gasteiger partial charge in [0.05, 0.1) is 17.6 Å². The lowest BCUT2D eigenvalue weighted by Gasteiger charge is -2.18. The standard InChI is InChI=1S/C19H16FN3O3S/c20-13-3-1-12(2-4-13)15-10-21-19(23-15)27-11-18(24)22-14-5-6-16-17(9-14)26-8-7-25-16/h1-6,9-10H,7-8,11H2,(H,21,23)(H,22,24). The van der Waals surface area contributed by atoms with Crippen LogP contribution in [0.4, 0.5) is 10.1 Å². The summed E-state index contributed by atoms with van der Waals surface area (Å²) in [5, 5.41) is 3.45. The number of nitrogens with zero attached hydrogens (tertiary/aromatic N) is 1. The molecule has 1 aliphatic heterocycles. The Bertz CT molecular complexity index is 959. The number of carbonyl (C=O) groups excluding carboxylic acids is 1. The second-order valence-corrected chi connectivity index (χ2v) is 6.77. The fourth-order valence-corrected chi connectivity index (χ4v) is 3.25. The molecule has 0 fully saturated rings. The van der Waals surface area contributed by atoms with Gasteiger partial charge in [0, 0.05) is 11.8 Å². The topological polar surface area (TPSA) is 76.2 Å². The number of amides is 1. The minimum atomic E-state index is -0.288. The van der Waals surface area contributed by atoms with E-state index in [9.17, 15) is 9.18 Å². The molecule has 8 heteroatoms. The SMILES string of the molecule is O=C(CSc1ncc(-c2ccc(F)cc2)[nH]1)Nc1ccc2c(c1)OCCO2. The first-order valence-electron chi connectivity index (χ1n) is 8.30. The molecular weight excluding hydrogens is 369 g/mol. The van der Waals surface area contributed by atoms with Crippen LogP contribution in [-0.2, 0) is 4.79 Å². The van der Waals surface area contributed by atoms with E-state index in [2.05, 4.69) is 15.3 Å². The van der Waals surface area contributed by atoms with Crippen LogP contribution in [0.2, 0.25) is 0 Å². The van der Waals surface area contributed by atoms with Crippen molar-refractivity contribution in [3.05, 3.63) is 54.5 Å². The highest BCUT2D eigenvalue weighted by Crippen LogP contribution is 2.32. The van der Waals surface area contributed by atoms with Crippen LogP contribution in [0.5, 0.6) is 11.5 Å². The highest BCUT2D eigenvalue weighted by molar-refractivity contribution is 7.99. The van der Waals surface area contributed by atoms with E-state index in [-0.39, 0.29) is 17.5 Å². The van der Waals surface area contributed by atoms with E-state index >= 15 is 0 Å². The van der Waals surface area contributed by atoms with Gasteiger partial charge in [0.25, 0.3) is 0 Å². The van der Waals surface area contributed by atoms with Crippen molar-refractivity contribution < 1.29 is 18.7 Å². The zero-order valence-corrected chi connectivity index (χ0v) is 15.0. The summed E-state index contributed by atoms with van der Waals surface area (Å²) in [5.41, 5.74) is 2.25. The molecule has 0 bridgehead atoms. The first-order chi connectivity index (χ1) is 13.2. The second-order valence-electron chi connectivity index (χ2n) is 5.80. The van der Waals surface area contributed by atoms with Crippen LogP contribution >= 0.6 is 11.8 Å². The number of H-pyrrole nitrogens is 1. The van der Waals surface area contributed by atoms with Crippen LogP contribution in [0.25, 0.3) is 11.3 Å². The van der Waals surface area contributed by atoms with Gasteiger partial charge >= 0.3 is 0 Å². The number of carbonyl (C=O) groups is 1. The fraction of sp³-hybridized carbons (Fsp3) is 0.158. The van der Waals surface area contributed by atoms with Crippen molar-refractivity contribution in [2.75, 3.05) is 24.3 Å². The molecular formula is C19H16FN3O3S. The molecule has 1 amide bonds. The Morgan fingerprint density at radius 2 is 1.93 bits per heavy atom. The molecule has 3 aromatic rings.